The van der Waals surface area contributed by atoms with Crippen molar-refractivity contribution in [1.29, 1.82) is 0 Å². The van der Waals surface area contributed by atoms with Crippen LogP contribution in [-0.2, 0) is 9.53 Å². The second-order valence-corrected chi connectivity index (χ2v) is 4.34. The number of ether oxygens (including phenoxy) is 3. The molecule has 20 heavy (non-hydrogen) atoms. The number of hydrogen-bond acceptors (Lipinski definition) is 4. The molecule has 1 aromatic carbocycles. The number of carbonyl (C=O) groups excluding carboxylic acids is 1. The van der Waals surface area contributed by atoms with E-state index < -0.39 is 0 Å². The van der Waals surface area contributed by atoms with Crippen LogP contribution in [-0.4, -0.2) is 39.9 Å². The Morgan fingerprint density at radius 1 is 1.20 bits per heavy atom. The normalized spacial score (nSPS) is 12.2. The lowest BCUT2D eigenvalue weighted by atomic mass is 10.2. The Hall–Kier alpha value is -2.01. The first-order chi connectivity index (χ1) is 9.58. The molecule has 0 saturated heterocycles. The van der Waals surface area contributed by atoms with Crippen molar-refractivity contribution in [2.24, 2.45) is 0 Å². The van der Waals surface area contributed by atoms with Gasteiger partial charge >= 0.3 is 0 Å². The molecular formula is C15H21NO4. The zero-order valence-electron chi connectivity index (χ0n) is 12.3. The largest absolute Gasteiger partial charge is 0.497 e. The maximum Gasteiger partial charge on any atom is 0.244 e. The van der Waals surface area contributed by atoms with E-state index in [0.29, 0.717) is 18.1 Å². The Balaban J connectivity index is 2.71. The number of amides is 1. The van der Waals surface area contributed by atoms with Crippen molar-refractivity contribution in [3.63, 3.8) is 0 Å². The molecule has 0 aliphatic rings. The van der Waals surface area contributed by atoms with E-state index in [1.54, 1.807) is 33.5 Å². The van der Waals surface area contributed by atoms with E-state index in [9.17, 15) is 4.79 Å². The van der Waals surface area contributed by atoms with Crippen LogP contribution < -0.4 is 14.8 Å². The molecule has 1 amide bonds. The molecule has 0 aliphatic heterocycles. The van der Waals surface area contributed by atoms with Gasteiger partial charge in [0.15, 0.2) is 0 Å². The van der Waals surface area contributed by atoms with E-state index in [1.165, 1.54) is 6.08 Å². The summed E-state index contributed by atoms with van der Waals surface area (Å²) < 4.78 is 15.3. The third kappa shape index (κ3) is 5.32. The minimum Gasteiger partial charge on any atom is -0.497 e. The van der Waals surface area contributed by atoms with Gasteiger partial charge in [0.05, 0.1) is 20.8 Å². The average Bonchev–Trinajstić information content (AvgIpc) is 2.44. The first-order valence-corrected chi connectivity index (χ1v) is 6.29. The van der Waals surface area contributed by atoms with Crippen LogP contribution in [0.25, 0.3) is 6.08 Å². The van der Waals surface area contributed by atoms with E-state index in [1.807, 2.05) is 19.1 Å². The summed E-state index contributed by atoms with van der Waals surface area (Å²) in [5.41, 5.74) is 0.829. The fraction of sp³-hybridized carbons (Fsp3) is 0.400. The second kappa shape index (κ2) is 8.22. The fourth-order valence-corrected chi connectivity index (χ4v) is 1.68. The molecule has 0 spiro atoms. The van der Waals surface area contributed by atoms with Crippen molar-refractivity contribution in [3.8, 4) is 11.5 Å². The Bertz CT molecular complexity index is 449. The average molecular weight is 279 g/mol. The van der Waals surface area contributed by atoms with Crippen LogP contribution in [0.5, 0.6) is 11.5 Å². The van der Waals surface area contributed by atoms with Gasteiger partial charge in [-0.15, -0.1) is 0 Å². The molecule has 110 valence electrons. The summed E-state index contributed by atoms with van der Waals surface area (Å²) in [5.74, 6) is 1.19. The number of hydrogen-bond donors (Lipinski definition) is 1. The van der Waals surface area contributed by atoms with Gasteiger partial charge in [-0.2, -0.15) is 0 Å². The van der Waals surface area contributed by atoms with Gasteiger partial charge in [0, 0.05) is 25.3 Å². The molecule has 1 rings (SSSR count). The van der Waals surface area contributed by atoms with Crippen LogP contribution in [0.1, 0.15) is 12.5 Å². The van der Waals surface area contributed by atoms with Crippen molar-refractivity contribution in [2.45, 2.75) is 13.0 Å². The highest BCUT2D eigenvalue weighted by molar-refractivity contribution is 5.92. The van der Waals surface area contributed by atoms with Crippen LogP contribution in [0.3, 0.4) is 0 Å². The summed E-state index contributed by atoms with van der Waals surface area (Å²) in [6.07, 6.45) is 3.18. The van der Waals surface area contributed by atoms with Crippen molar-refractivity contribution in [1.82, 2.24) is 5.32 Å². The van der Waals surface area contributed by atoms with E-state index in [-0.39, 0.29) is 11.9 Å². The van der Waals surface area contributed by atoms with E-state index in [4.69, 9.17) is 14.2 Å². The van der Waals surface area contributed by atoms with Crippen molar-refractivity contribution in [2.75, 3.05) is 27.9 Å². The summed E-state index contributed by atoms with van der Waals surface area (Å²) in [7, 11) is 4.77. The van der Waals surface area contributed by atoms with E-state index >= 15 is 0 Å². The summed E-state index contributed by atoms with van der Waals surface area (Å²) in [6.45, 7) is 2.36. The number of benzene rings is 1. The minimum absolute atomic E-state index is 0.0306. The van der Waals surface area contributed by atoms with Gasteiger partial charge < -0.3 is 19.5 Å². The molecule has 1 N–H and O–H groups in total. The molecule has 0 radical (unpaired) electrons. The highest BCUT2D eigenvalue weighted by atomic mass is 16.5. The summed E-state index contributed by atoms with van der Waals surface area (Å²) in [6, 6.07) is 5.39. The van der Waals surface area contributed by atoms with Crippen molar-refractivity contribution >= 4 is 12.0 Å². The van der Waals surface area contributed by atoms with Gasteiger partial charge in [0.1, 0.15) is 11.5 Å². The third-order valence-corrected chi connectivity index (χ3v) is 2.61. The summed E-state index contributed by atoms with van der Waals surface area (Å²) >= 11 is 0. The molecule has 1 unspecified atom stereocenters. The maximum absolute atomic E-state index is 11.7. The van der Waals surface area contributed by atoms with Crippen LogP contribution in [0, 0.1) is 0 Å². The molecule has 5 nitrogen and oxygen atoms in total. The molecule has 0 saturated carbocycles. The van der Waals surface area contributed by atoms with Gasteiger partial charge in [-0.1, -0.05) is 0 Å². The first kappa shape index (κ1) is 16.0. The highest BCUT2D eigenvalue weighted by Crippen LogP contribution is 2.23. The van der Waals surface area contributed by atoms with E-state index in [2.05, 4.69) is 5.32 Å². The number of carbonyl (C=O) groups is 1. The topological polar surface area (TPSA) is 56.8 Å². The number of nitrogens with one attached hydrogen (secondary N) is 1. The highest BCUT2D eigenvalue weighted by Gasteiger charge is 2.04. The van der Waals surface area contributed by atoms with Gasteiger partial charge in [-0.05, 0) is 30.7 Å². The fourth-order valence-electron chi connectivity index (χ4n) is 1.68. The van der Waals surface area contributed by atoms with Crippen molar-refractivity contribution in [3.05, 3.63) is 29.8 Å². The lowest BCUT2D eigenvalue weighted by Gasteiger charge is -2.10. The van der Waals surface area contributed by atoms with Gasteiger partial charge in [-0.3, -0.25) is 4.79 Å². The molecule has 1 atom stereocenters. The van der Waals surface area contributed by atoms with Gasteiger partial charge in [0.2, 0.25) is 5.91 Å². The zero-order chi connectivity index (χ0) is 15.0. The number of methoxy groups -OCH3 is 3. The van der Waals surface area contributed by atoms with Gasteiger partial charge in [0.25, 0.3) is 0 Å². The summed E-state index contributed by atoms with van der Waals surface area (Å²) in [5, 5.41) is 2.80. The second-order valence-electron chi connectivity index (χ2n) is 4.34. The molecule has 5 heteroatoms. The Labute approximate surface area is 119 Å². The maximum atomic E-state index is 11.7. The lowest BCUT2D eigenvalue weighted by molar-refractivity contribution is -0.117. The predicted molar refractivity (Wildman–Crippen MR) is 78.1 cm³/mol. The first-order valence-electron chi connectivity index (χ1n) is 6.29. The SMILES string of the molecule is COCC(C)NC(=O)/C=C/c1cc(OC)cc(OC)c1. The van der Waals surface area contributed by atoms with Crippen LogP contribution >= 0.6 is 0 Å². The Morgan fingerprint density at radius 3 is 2.30 bits per heavy atom. The minimum atomic E-state index is -0.170. The Kier molecular flexibility index (Phi) is 6.59. The lowest BCUT2D eigenvalue weighted by Crippen LogP contribution is -2.34. The van der Waals surface area contributed by atoms with Crippen LogP contribution in [0.4, 0.5) is 0 Å². The smallest absolute Gasteiger partial charge is 0.244 e. The van der Waals surface area contributed by atoms with E-state index in [0.717, 1.165) is 5.56 Å². The molecule has 0 aromatic heterocycles. The molecule has 0 aliphatic carbocycles. The zero-order valence-corrected chi connectivity index (χ0v) is 12.3. The van der Waals surface area contributed by atoms with Crippen LogP contribution in [0.2, 0.25) is 0 Å². The monoisotopic (exact) mass is 279 g/mol. The third-order valence-electron chi connectivity index (χ3n) is 2.61. The molecule has 0 bridgehead atoms. The molecule has 0 fully saturated rings. The predicted octanol–water partition coefficient (Wildman–Crippen LogP) is 1.87. The standard InChI is InChI=1S/C15H21NO4/c1-11(10-18-2)16-15(17)6-5-12-7-13(19-3)9-14(8-12)20-4/h5-9,11H,10H2,1-4H3,(H,16,17)/b6-5+. The molecule has 1 aromatic rings. The van der Waals surface area contributed by atoms with Crippen molar-refractivity contribution < 1.29 is 19.0 Å². The molecule has 0 heterocycles. The summed E-state index contributed by atoms with van der Waals surface area (Å²) in [4.78, 5) is 11.7. The van der Waals surface area contributed by atoms with Crippen LogP contribution in [0.15, 0.2) is 24.3 Å². The molecular weight excluding hydrogens is 258 g/mol. The van der Waals surface area contributed by atoms with Gasteiger partial charge in [-0.25, -0.2) is 0 Å². The quantitative estimate of drug-likeness (QED) is 0.774. The number of rotatable bonds is 7. The Morgan fingerprint density at radius 2 is 1.80 bits per heavy atom.